The van der Waals surface area contributed by atoms with Crippen molar-refractivity contribution in [1.82, 2.24) is 0 Å². The number of aryl methyl sites for hydroxylation is 2. The molecule has 0 radical (unpaired) electrons. The summed E-state index contributed by atoms with van der Waals surface area (Å²) in [7, 11) is 1.71. The maximum absolute atomic E-state index is 6.10. The largest absolute Gasteiger partial charge is 0.496 e. The van der Waals surface area contributed by atoms with Crippen LogP contribution < -0.4 is 9.47 Å². The van der Waals surface area contributed by atoms with Crippen molar-refractivity contribution in [3.05, 3.63) is 57.6 Å². The molecule has 0 heterocycles. The van der Waals surface area contributed by atoms with Crippen LogP contribution in [0.2, 0.25) is 0 Å². The van der Waals surface area contributed by atoms with Gasteiger partial charge in [-0.2, -0.15) is 0 Å². The summed E-state index contributed by atoms with van der Waals surface area (Å²) in [4.78, 5) is 0. The number of rotatable bonds is 4. The van der Waals surface area contributed by atoms with Gasteiger partial charge < -0.3 is 9.47 Å². The molecule has 21 heavy (non-hydrogen) atoms. The predicted octanol–water partition coefficient (Wildman–Crippen LogP) is 4.82. The van der Waals surface area contributed by atoms with E-state index in [4.69, 9.17) is 9.47 Å². The van der Waals surface area contributed by atoms with Crippen molar-refractivity contribution >= 4 is 0 Å². The van der Waals surface area contributed by atoms with Crippen molar-refractivity contribution in [2.24, 2.45) is 0 Å². The Balaban J connectivity index is 2.25. The van der Waals surface area contributed by atoms with Crippen LogP contribution >= 0.6 is 0 Å². The van der Waals surface area contributed by atoms with Gasteiger partial charge in [0, 0.05) is 0 Å². The van der Waals surface area contributed by atoms with Crippen LogP contribution in [0.25, 0.3) is 0 Å². The molecule has 0 saturated carbocycles. The van der Waals surface area contributed by atoms with E-state index < -0.39 is 0 Å². The van der Waals surface area contributed by atoms with Gasteiger partial charge in [-0.05, 0) is 74.1 Å². The number of hydrogen-bond acceptors (Lipinski definition) is 2. The van der Waals surface area contributed by atoms with Gasteiger partial charge in [0.2, 0.25) is 0 Å². The second kappa shape index (κ2) is 6.21. The van der Waals surface area contributed by atoms with E-state index in [2.05, 4.69) is 52.8 Å². The SMILES string of the molecule is COc1ccc(COc2c(C)ccc(C)c2C)c(C)c1C. The van der Waals surface area contributed by atoms with Gasteiger partial charge in [-0.1, -0.05) is 18.2 Å². The molecule has 0 aromatic heterocycles. The van der Waals surface area contributed by atoms with Gasteiger partial charge in [-0.3, -0.25) is 0 Å². The molecule has 2 heteroatoms. The molecule has 0 atom stereocenters. The van der Waals surface area contributed by atoms with Gasteiger partial charge in [-0.25, -0.2) is 0 Å². The minimum atomic E-state index is 0.585. The molecular weight excluding hydrogens is 260 g/mol. The molecular formula is C19H24O2. The highest BCUT2D eigenvalue weighted by Crippen LogP contribution is 2.28. The lowest BCUT2D eigenvalue weighted by Crippen LogP contribution is -2.03. The topological polar surface area (TPSA) is 18.5 Å². The molecule has 0 fully saturated rings. The van der Waals surface area contributed by atoms with E-state index in [1.54, 1.807) is 7.11 Å². The van der Waals surface area contributed by atoms with Crippen LogP contribution in [0.1, 0.15) is 33.4 Å². The summed E-state index contributed by atoms with van der Waals surface area (Å²) in [5.41, 5.74) is 7.28. The summed E-state index contributed by atoms with van der Waals surface area (Å²) in [5.74, 6) is 1.93. The van der Waals surface area contributed by atoms with E-state index in [1.807, 2.05) is 6.07 Å². The molecule has 2 aromatic rings. The minimum absolute atomic E-state index is 0.585. The Morgan fingerprint density at radius 1 is 0.762 bits per heavy atom. The molecule has 0 amide bonds. The van der Waals surface area contributed by atoms with Crippen molar-refractivity contribution in [2.75, 3.05) is 7.11 Å². The third-order valence-electron chi connectivity index (χ3n) is 4.32. The van der Waals surface area contributed by atoms with Crippen molar-refractivity contribution in [1.29, 1.82) is 0 Å². The number of ether oxygens (including phenoxy) is 2. The maximum Gasteiger partial charge on any atom is 0.125 e. The second-order valence-corrected chi connectivity index (χ2v) is 5.62. The van der Waals surface area contributed by atoms with Gasteiger partial charge in [-0.15, -0.1) is 0 Å². The molecule has 0 spiro atoms. The first kappa shape index (κ1) is 15.4. The molecule has 0 saturated heterocycles. The highest BCUT2D eigenvalue weighted by atomic mass is 16.5. The molecule has 112 valence electrons. The monoisotopic (exact) mass is 284 g/mol. The second-order valence-electron chi connectivity index (χ2n) is 5.62. The fourth-order valence-electron chi connectivity index (χ4n) is 2.53. The van der Waals surface area contributed by atoms with Crippen molar-refractivity contribution in [3.63, 3.8) is 0 Å². The van der Waals surface area contributed by atoms with E-state index in [-0.39, 0.29) is 0 Å². The Kier molecular flexibility index (Phi) is 4.56. The first-order valence-corrected chi connectivity index (χ1v) is 7.28. The average molecular weight is 284 g/mol. The Morgan fingerprint density at radius 3 is 2.10 bits per heavy atom. The molecule has 2 aromatic carbocycles. The summed E-state index contributed by atoms with van der Waals surface area (Å²) in [6, 6.07) is 8.35. The van der Waals surface area contributed by atoms with E-state index in [1.165, 1.54) is 33.4 Å². The summed E-state index contributed by atoms with van der Waals surface area (Å²) in [5, 5.41) is 0. The first-order chi connectivity index (χ1) is 9.95. The number of methoxy groups -OCH3 is 1. The molecule has 0 aliphatic heterocycles. The Labute approximate surface area is 127 Å². The summed E-state index contributed by atoms with van der Waals surface area (Å²) in [6.07, 6.45) is 0. The van der Waals surface area contributed by atoms with Crippen LogP contribution in [0, 0.1) is 34.6 Å². The van der Waals surface area contributed by atoms with Gasteiger partial charge >= 0.3 is 0 Å². The lowest BCUT2D eigenvalue weighted by atomic mass is 10.0. The van der Waals surface area contributed by atoms with Crippen LogP contribution in [0.4, 0.5) is 0 Å². The molecule has 0 aliphatic rings. The predicted molar refractivity (Wildman–Crippen MR) is 87.5 cm³/mol. The zero-order valence-corrected chi connectivity index (χ0v) is 13.8. The van der Waals surface area contributed by atoms with Gasteiger partial charge in [0.05, 0.1) is 7.11 Å². The third kappa shape index (κ3) is 3.05. The highest BCUT2D eigenvalue weighted by molar-refractivity contribution is 5.46. The van der Waals surface area contributed by atoms with E-state index in [0.717, 1.165) is 11.5 Å². The molecule has 0 unspecified atom stereocenters. The standard InChI is InChI=1S/C19H24O2/c1-12-7-8-13(2)19(14(12)3)21-11-17-9-10-18(20-6)16(5)15(17)4/h7-10H,11H2,1-6H3. The lowest BCUT2D eigenvalue weighted by Gasteiger charge is -2.16. The fraction of sp³-hybridized carbons (Fsp3) is 0.368. The van der Waals surface area contributed by atoms with Crippen LogP contribution in [-0.4, -0.2) is 7.11 Å². The maximum atomic E-state index is 6.10. The van der Waals surface area contributed by atoms with Gasteiger partial charge in [0.15, 0.2) is 0 Å². The van der Waals surface area contributed by atoms with Crippen LogP contribution in [0.3, 0.4) is 0 Å². The van der Waals surface area contributed by atoms with Crippen molar-refractivity contribution in [2.45, 2.75) is 41.2 Å². The summed E-state index contributed by atoms with van der Waals surface area (Å²) in [6.45, 7) is 11.1. The molecule has 0 aliphatic carbocycles. The third-order valence-corrected chi connectivity index (χ3v) is 4.32. The molecule has 0 N–H and O–H groups in total. The van der Waals surface area contributed by atoms with Gasteiger partial charge in [0.25, 0.3) is 0 Å². The number of hydrogen-bond donors (Lipinski definition) is 0. The summed E-state index contributed by atoms with van der Waals surface area (Å²) >= 11 is 0. The van der Waals surface area contributed by atoms with Gasteiger partial charge in [0.1, 0.15) is 18.1 Å². The molecule has 2 rings (SSSR count). The van der Waals surface area contributed by atoms with E-state index in [0.29, 0.717) is 6.61 Å². The smallest absolute Gasteiger partial charge is 0.125 e. The quantitative estimate of drug-likeness (QED) is 0.801. The average Bonchev–Trinajstić information content (AvgIpc) is 2.47. The fourth-order valence-corrected chi connectivity index (χ4v) is 2.53. The van der Waals surface area contributed by atoms with Crippen molar-refractivity contribution < 1.29 is 9.47 Å². The normalized spacial score (nSPS) is 10.6. The number of benzene rings is 2. The summed E-state index contributed by atoms with van der Waals surface area (Å²) < 4.78 is 11.5. The zero-order chi connectivity index (χ0) is 15.6. The Hall–Kier alpha value is -1.96. The first-order valence-electron chi connectivity index (χ1n) is 7.28. The van der Waals surface area contributed by atoms with E-state index in [9.17, 15) is 0 Å². The Morgan fingerprint density at radius 2 is 1.43 bits per heavy atom. The molecule has 0 bridgehead atoms. The Bertz CT molecular complexity index is 657. The highest BCUT2D eigenvalue weighted by Gasteiger charge is 2.10. The van der Waals surface area contributed by atoms with Crippen molar-refractivity contribution in [3.8, 4) is 11.5 Å². The van der Waals surface area contributed by atoms with Crippen LogP contribution in [0.5, 0.6) is 11.5 Å². The zero-order valence-electron chi connectivity index (χ0n) is 13.8. The lowest BCUT2D eigenvalue weighted by molar-refractivity contribution is 0.300. The minimum Gasteiger partial charge on any atom is -0.496 e. The van der Waals surface area contributed by atoms with E-state index >= 15 is 0 Å². The van der Waals surface area contributed by atoms with Crippen LogP contribution in [-0.2, 0) is 6.61 Å². The molecule has 2 nitrogen and oxygen atoms in total. The van der Waals surface area contributed by atoms with Crippen LogP contribution in [0.15, 0.2) is 24.3 Å².